The molecule has 0 aromatic heterocycles. The topological polar surface area (TPSA) is 108 Å². The van der Waals surface area contributed by atoms with E-state index >= 15 is 0 Å². The summed E-state index contributed by atoms with van der Waals surface area (Å²) >= 11 is 0. The smallest absolute Gasteiger partial charge is 0.326 e. The lowest BCUT2D eigenvalue weighted by molar-refractivity contribution is -0.141. The van der Waals surface area contributed by atoms with Crippen LogP contribution < -0.4 is 10.6 Å². The molecule has 36 heavy (non-hydrogen) atoms. The Hall–Kier alpha value is -3.07. The maximum Gasteiger partial charge on any atom is 0.326 e. The monoisotopic (exact) mass is 493 g/mol. The van der Waals surface area contributed by atoms with Gasteiger partial charge in [-0.3, -0.25) is 14.5 Å². The molecule has 2 heterocycles. The average molecular weight is 494 g/mol. The highest BCUT2D eigenvalue weighted by Crippen LogP contribution is 2.27. The number of rotatable bonds is 9. The Labute approximate surface area is 212 Å². The molecule has 0 bridgehead atoms. The average Bonchev–Trinajstić information content (AvgIpc) is 2.89. The van der Waals surface area contributed by atoms with Crippen molar-refractivity contribution >= 4 is 17.7 Å². The Morgan fingerprint density at radius 3 is 2.14 bits per heavy atom. The third-order valence-electron chi connectivity index (χ3n) is 7.14. The molecule has 0 radical (unpaired) electrons. The van der Waals surface area contributed by atoms with Gasteiger partial charge in [0, 0.05) is 25.2 Å². The summed E-state index contributed by atoms with van der Waals surface area (Å²) in [7, 11) is 0. The van der Waals surface area contributed by atoms with Crippen LogP contribution in [0.4, 0.5) is 0 Å². The van der Waals surface area contributed by atoms with Crippen molar-refractivity contribution in [3.8, 4) is 0 Å². The minimum Gasteiger partial charge on any atom is -0.480 e. The first-order valence-corrected chi connectivity index (χ1v) is 12.7. The third-order valence-corrected chi connectivity index (χ3v) is 7.14. The zero-order valence-electron chi connectivity index (χ0n) is 20.7. The first kappa shape index (κ1) is 26.0. The maximum absolute atomic E-state index is 12.8. The Balaban J connectivity index is 1.43. The van der Waals surface area contributed by atoms with Gasteiger partial charge in [-0.15, -0.1) is 0 Å². The number of ketones is 1. The van der Waals surface area contributed by atoms with Gasteiger partial charge in [-0.2, -0.15) is 0 Å². The SMILES string of the molecule is CC(=O)C(c1ccc(CN2CCOCC2)cc1)c1ccc(C(=O)N[C@H](C(=O)O)C2CCNCC2)cc1. The molecule has 2 aliphatic rings. The van der Waals surface area contributed by atoms with E-state index in [1.165, 1.54) is 5.56 Å². The van der Waals surface area contributed by atoms with Gasteiger partial charge in [-0.05, 0) is 67.6 Å². The number of nitrogens with one attached hydrogen (secondary N) is 2. The molecule has 2 aromatic rings. The maximum atomic E-state index is 12.8. The molecule has 3 N–H and O–H groups in total. The number of ether oxygens (including phenoxy) is 1. The van der Waals surface area contributed by atoms with Crippen LogP contribution in [0.25, 0.3) is 0 Å². The van der Waals surface area contributed by atoms with Crippen molar-refractivity contribution < 1.29 is 24.2 Å². The number of benzene rings is 2. The summed E-state index contributed by atoms with van der Waals surface area (Å²) in [5.74, 6) is -1.94. The number of carbonyl (C=O) groups excluding carboxylic acids is 2. The fourth-order valence-corrected chi connectivity index (χ4v) is 5.11. The standard InChI is InChI=1S/C28H35N3O5/c1-19(32)25(21-4-2-20(3-5-21)18-31-14-16-36-17-15-31)22-6-8-24(9-7-22)27(33)30-26(28(34)35)23-10-12-29-13-11-23/h2-9,23,25-26,29H,10-18H2,1H3,(H,30,33)(H,34,35)/t25?,26-/m0/s1. The van der Waals surface area contributed by atoms with E-state index in [1.807, 2.05) is 12.1 Å². The minimum atomic E-state index is -1.01. The van der Waals surface area contributed by atoms with Gasteiger partial charge in [0.25, 0.3) is 5.91 Å². The molecule has 2 atom stereocenters. The summed E-state index contributed by atoms with van der Waals surface area (Å²) in [6, 6.07) is 14.1. The number of piperidine rings is 1. The van der Waals surface area contributed by atoms with Gasteiger partial charge >= 0.3 is 5.97 Å². The van der Waals surface area contributed by atoms with Crippen molar-refractivity contribution in [1.29, 1.82) is 0 Å². The third kappa shape index (κ3) is 6.57. The van der Waals surface area contributed by atoms with Gasteiger partial charge in [-0.25, -0.2) is 4.79 Å². The number of hydrogen-bond acceptors (Lipinski definition) is 6. The molecule has 1 unspecified atom stereocenters. The molecule has 0 aliphatic carbocycles. The van der Waals surface area contributed by atoms with Gasteiger partial charge in [0.2, 0.25) is 0 Å². The molecule has 1 amide bonds. The van der Waals surface area contributed by atoms with E-state index < -0.39 is 23.8 Å². The number of morpholine rings is 1. The summed E-state index contributed by atoms with van der Waals surface area (Å²) in [6.07, 6.45) is 1.42. The van der Waals surface area contributed by atoms with Crippen LogP contribution in [0.15, 0.2) is 48.5 Å². The highest BCUT2D eigenvalue weighted by atomic mass is 16.5. The van der Waals surface area contributed by atoms with Crippen LogP contribution in [0.3, 0.4) is 0 Å². The molecule has 2 fully saturated rings. The van der Waals surface area contributed by atoms with E-state index in [0.29, 0.717) is 18.4 Å². The summed E-state index contributed by atoms with van der Waals surface area (Å²) in [4.78, 5) is 39.6. The van der Waals surface area contributed by atoms with Crippen LogP contribution in [0.2, 0.25) is 0 Å². The first-order valence-electron chi connectivity index (χ1n) is 12.7. The predicted octanol–water partition coefficient (Wildman–Crippen LogP) is 2.42. The van der Waals surface area contributed by atoms with Crippen LogP contribution in [0, 0.1) is 5.92 Å². The predicted molar refractivity (Wildman–Crippen MR) is 136 cm³/mol. The van der Waals surface area contributed by atoms with E-state index in [1.54, 1.807) is 31.2 Å². The van der Waals surface area contributed by atoms with E-state index in [9.17, 15) is 19.5 Å². The molecule has 2 saturated heterocycles. The number of aliphatic carboxylic acids is 1. The van der Waals surface area contributed by atoms with Gasteiger partial charge in [0.15, 0.2) is 0 Å². The molecular formula is C28H35N3O5. The Bertz CT molecular complexity index is 1040. The number of Topliss-reactive ketones (excluding diaryl/α,β-unsaturated/α-hetero) is 1. The quantitative estimate of drug-likeness (QED) is 0.492. The zero-order chi connectivity index (χ0) is 25.5. The van der Waals surface area contributed by atoms with Crippen molar-refractivity contribution in [2.45, 2.75) is 38.3 Å². The van der Waals surface area contributed by atoms with Crippen molar-refractivity contribution in [1.82, 2.24) is 15.5 Å². The molecule has 0 saturated carbocycles. The number of hydrogen-bond donors (Lipinski definition) is 3. The van der Waals surface area contributed by atoms with Gasteiger partial charge in [-0.1, -0.05) is 36.4 Å². The second kappa shape index (κ2) is 12.3. The Kier molecular flexibility index (Phi) is 8.85. The molecule has 2 aliphatic heterocycles. The lowest BCUT2D eigenvalue weighted by Gasteiger charge is -2.28. The second-order valence-electron chi connectivity index (χ2n) is 9.67. The number of amides is 1. The van der Waals surface area contributed by atoms with E-state index in [2.05, 4.69) is 27.7 Å². The van der Waals surface area contributed by atoms with E-state index in [4.69, 9.17) is 4.74 Å². The van der Waals surface area contributed by atoms with Crippen LogP contribution in [-0.2, 0) is 20.9 Å². The van der Waals surface area contributed by atoms with Crippen LogP contribution in [-0.4, -0.2) is 73.1 Å². The van der Waals surface area contributed by atoms with Crippen LogP contribution in [0.5, 0.6) is 0 Å². The van der Waals surface area contributed by atoms with E-state index in [0.717, 1.165) is 57.1 Å². The van der Waals surface area contributed by atoms with Crippen molar-refractivity contribution in [2.75, 3.05) is 39.4 Å². The highest BCUT2D eigenvalue weighted by molar-refractivity contribution is 5.97. The Morgan fingerprint density at radius 1 is 1.00 bits per heavy atom. The van der Waals surface area contributed by atoms with Crippen LogP contribution >= 0.6 is 0 Å². The summed E-state index contributed by atoms with van der Waals surface area (Å²) in [6.45, 7) is 7.28. The normalized spacial score (nSPS) is 18.8. The fourth-order valence-electron chi connectivity index (χ4n) is 5.11. The highest BCUT2D eigenvalue weighted by Gasteiger charge is 2.31. The van der Waals surface area contributed by atoms with Crippen molar-refractivity contribution in [2.24, 2.45) is 5.92 Å². The zero-order valence-corrected chi connectivity index (χ0v) is 20.7. The van der Waals surface area contributed by atoms with Gasteiger partial charge < -0.3 is 20.5 Å². The first-order chi connectivity index (χ1) is 17.4. The lowest BCUT2D eigenvalue weighted by Crippen LogP contribution is -2.48. The van der Waals surface area contributed by atoms with E-state index in [-0.39, 0.29) is 11.7 Å². The number of carboxylic acids is 1. The molecule has 8 nitrogen and oxygen atoms in total. The Morgan fingerprint density at radius 2 is 1.58 bits per heavy atom. The summed E-state index contributed by atoms with van der Waals surface area (Å²) in [5, 5.41) is 15.6. The largest absolute Gasteiger partial charge is 0.480 e. The molecule has 2 aromatic carbocycles. The molecule has 4 rings (SSSR count). The fraction of sp³-hybridized carbons (Fsp3) is 0.464. The molecule has 0 spiro atoms. The molecular weight excluding hydrogens is 458 g/mol. The lowest BCUT2D eigenvalue weighted by atomic mass is 9.87. The molecule has 8 heteroatoms. The second-order valence-corrected chi connectivity index (χ2v) is 9.67. The van der Waals surface area contributed by atoms with Crippen molar-refractivity contribution in [3.05, 3.63) is 70.8 Å². The summed E-state index contributed by atoms with van der Waals surface area (Å²) in [5.41, 5.74) is 3.27. The molecule has 192 valence electrons. The number of carbonyl (C=O) groups is 3. The summed E-state index contributed by atoms with van der Waals surface area (Å²) < 4.78 is 5.41. The number of nitrogens with zero attached hydrogens (tertiary/aromatic N) is 1. The van der Waals surface area contributed by atoms with Gasteiger partial charge in [0.1, 0.15) is 11.8 Å². The number of carboxylic acid groups (broad SMARTS) is 1. The van der Waals surface area contributed by atoms with Crippen LogP contribution in [0.1, 0.15) is 52.7 Å². The van der Waals surface area contributed by atoms with Crippen molar-refractivity contribution in [3.63, 3.8) is 0 Å². The van der Waals surface area contributed by atoms with Gasteiger partial charge in [0.05, 0.1) is 19.1 Å². The minimum absolute atomic E-state index is 0.0185.